The zero-order valence-electron chi connectivity index (χ0n) is 18.4. The Morgan fingerprint density at radius 3 is 2.53 bits per heavy atom. The Morgan fingerprint density at radius 1 is 1.10 bits per heavy atom. The number of nitrogens with zero attached hydrogens (tertiary/aromatic N) is 1. The van der Waals surface area contributed by atoms with E-state index >= 15 is 0 Å². The second-order valence-electron chi connectivity index (χ2n) is 9.22. The van der Waals surface area contributed by atoms with Crippen molar-refractivity contribution >= 4 is 6.09 Å². The smallest absolute Gasteiger partial charge is 0.410 e. The van der Waals surface area contributed by atoms with Crippen LogP contribution in [-0.4, -0.2) is 34.8 Å². The van der Waals surface area contributed by atoms with Crippen molar-refractivity contribution < 1.29 is 19.4 Å². The first-order valence-corrected chi connectivity index (χ1v) is 10.6. The van der Waals surface area contributed by atoms with Crippen LogP contribution >= 0.6 is 0 Å². The van der Waals surface area contributed by atoms with Crippen LogP contribution in [0.1, 0.15) is 51.7 Å². The molecule has 0 bridgehead atoms. The molecule has 1 saturated heterocycles. The summed E-state index contributed by atoms with van der Waals surface area (Å²) in [6.45, 7) is 9.02. The predicted molar refractivity (Wildman–Crippen MR) is 117 cm³/mol. The van der Waals surface area contributed by atoms with Crippen LogP contribution in [0.15, 0.2) is 54.6 Å². The molecule has 0 saturated carbocycles. The molecule has 2 aromatic rings. The Labute approximate surface area is 179 Å². The van der Waals surface area contributed by atoms with Gasteiger partial charge in [0, 0.05) is 19.0 Å². The molecule has 5 heteroatoms. The van der Waals surface area contributed by atoms with Crippen molar-refractivity contribution in [3.8, 4) is 5.75 Å². The van der Waals surface area contributed by atoms with E-state index in [0.29, 0.717) is 19.7 Å². The maximum absolute atomic E-state index is 12.5. The van der Waals surface area contributed by atoms with Gasteiger partial charge in [0.1, 0.15) is 18.0 Å². The minimum absolute atomic E-state index is 0.0804. The Bertz CT molecular complexity index is 842. The van der Waals surface area contributed by atoms with E-state index in [1.807, 2.05) is 82.3 Å². The number of carbonyl (C=O) groups excluding carboxylic acids is 1. The second-order valence-corrected chi connectivity index (χ2v) is 9.22. The fraction of sp³-hybridized carbons (Fsp3) is 0.480. The highest BCUT2D eigenvalue weighted by molar-refractivity contribution is 5.68. The molecule has 1 fully saturated rings. The minimum Gasteiger partial charge on any atom is -0.489 e. The first-order valence-electron chi connectivity index (χ1n) is 10.6. The number of piperidine rings is 1. The summed E-state index contributed by atoms with van der Waals surface area (Å²) >= 11 is 0. The Hall–Kier alpha value is -2.53. The summed E-state index contributed by atoms with van der Waals surface area (Å²) in [6, 6.07) is 17.6. The van der Waals surface area contributed by atoms with Crippen molar-refractivity contribution in [1.29, 1.82) is 0 Å². The lowest BCUT2D eigenvalue weighted by molar-refractivity contribution is -0.0439. The van der Waals surface area contributed by atoms with Crippen molar-refractivity contribution in [1.82, 2.24) is 4.90 Å². The summed E-state index contributed by atoms with van der Waals surface area (Å²) in [5.41, 5.74) is 0.281. The van der Waals surface area contributed by atoms with Crippen LogP contribution in [0.5, 0.6) is 5.75 Å². The van der Waals surface area contributed by atoms with E-state index in [-0.39, 0.29) is 12.0 Å². The summed E-state index contributed by atoms with van der Waals surface area (Å²) in [7, 11) is 0. The molecule has 1 amide bonds. The number of amides is 1. The highest BCUT2D eigenvalue weighted by Crippen LogP contribution is 2.37. The van der Waals surface area contributed by atoms with Crippen LogP contribution in [0.4, 0.5) is 4.79 Å². The summed E-state index contributed by atoms with van der Waals surface area (Å²) in [5, 5.41) is 11.4. The molecule has 1 N–H and O–H groups in total. The first kappa shape index (κ1) is 22.2. The lowest BCUT2D eigenvalue weighted by atomic mass is 9.78. The van der Waals surface area contributed by atoms with Gasteiger partial charge in [-0.1, -0.05) is 42.5 Å². The van der Waals surface area contributed by atoms with E-state index < -0.39 is 11.2 Å². The van der Waals surface area contributed by atoms with Crippen LogP contribution < -0.4 is 4.74 Å². The summed E-state index contributed by atoms with van der Waals surface area (Å²) in [5.74, 6) is 0.638. The van der Waals surface area contributed by atoms with Crippen molar-refractivity contribution in [3.05, 3.63) is 65.7 Å². The third kappa shape index (κ3) is 5.76. The third-order valence-corrected chi connectivity index (χ3v) is 5.53. The quantitative estimate of drug-likeness (QED) is 0.742. The van der Waals surface area contributed by atoms with Gasteiger partial charge in [0.15, 0.2) is 0 Å². The SMILES string of the molecule is CC(C)(C)OC(=O)N1CCC[C@H]([C@](C)(O)c2cccc(OCc3ccccc3)c2)C1. The molecule has 2 aromatic carbocycles. The minimum atomic E-state index is -1.08. The molecular weight excluding hydrogens is 378 g/mol. The van der Waals surface area contributed by atoms with Gasteiger partial charge >= 0.3 is 6.09 Å². The van der Waals surface area contributed by atoms with Gasteiger partial charge in [0.2, 0.25) is 0 Å². The number of hydrogen-bond acceptors (Lipinski definition) is 4. The second kappa shape index (κ2) is 9.09. The molecular formula is C25H33NO4. The molecule has 0 radical (unpaired) electrons. The van der Waals surface area contributed by atoms with Gasteiger partial charge in [-0.2, -0.15) is 0 Å². The molecule has 0 spiro atoms. The molecule has 3 rings (SSSR count). The van der Waals surface area contributed by atoms with Gasteiger partial charge in [0.25, 0.3) is 0 Å². The molecule has 0 aromatic heterocycles. The maximum atomic E-state index is 12.5. The molecule has 30 heavy (non-hydrogen) atoms. The zero-order valence-corrected chi connectivity index (χ0v) is 18.4. The van der Waals surface area contributed by atoms with E-state index in [4.69, 9.17) is 9.47 Å². The highest BCUT2D eigenvalue weighted by Gasteiger charge is 2.39. The predicted octanol–water partition coefficient (Wildman–Crippen LogP) is 5.12. The largest absolute Gasteiger partial charge is 0.489 e. The monoisotopic (exact) mass is 411 g/mol. The zero-order chi connectivity index (χ0) is 21.8. The molecule has 5 nitrogen and oxygen atoms in total. The standard InChI is InChI=1S/C25H33NO4/c1-24(2,3)30-23(27)26-15-9-13-21(17-26)25(4,28)20-12-8-14-22(16-20)29-18-19-10-6-5-7-11-19/h5-8,10-12,14,16,21,28H,9,13,15,17-18H2,1-4H3/t21-,25+/m0/s1. The van der Waals surface area contributed by atoms with E-state index in [1.165, 1.54) is 0 Å². The number of benzene rings is 2. The average Bonchev–Trinajstić information content (AvgIpc) is 2.72. The number of likely N-dealkylation sites (tertiary alicyclic amines) is 1. The summed E-state index contributed by atoms with van der Waals surface area (Å²) in [6.07, 6.45) is 1.37. The summed E-state index contributed by atoms with van der Waals surface area (Å²) < 4.78 is 11.5. The molecule has 1 heterocycles. The number of aliphatic hydroxyl groups is 1. The number of hydrogen-bond donors (Lipinski definition) is 1. The Morgan fingerprint density at radius 2 is 1.83 bits per heavy atom. The van der Waals surface area contributed by atoms with Gasteiger partial charge < -0.3 is 19.5 Å². The van der Waals surface area contributed by atoms with Gasteiger partial charge in [-0.3, -0.25) is 0 Å². The molecule has 2 atom stereocenters. The van der Waals surface area contributed by atoms with Crippen LogP contribution in [0.3, 0.4) is 0 Å². The van der Waals surface area contributed by atoms with Gasteiger partial charge in [-0.15, -0.1) is 0 Å². The fourth-order valence-electron chi connectivity index (χ4n) is 3.81. The van der Waals surface area contributed by atoms with Gasteiger partial charge in [-0.05, 0) is 63.8 Å². The average molecular weight is 412 g/mol. The normalized spacial score (nSPS) is 19.1. The lowest BCUT2D eigenvalue weighted by Crippen LogP contribution is -2.48. The summed E-state index contributed by atoms with van der Waals surface area (Å²) in [4.78, 5) is 14.2. The van der Waals surface area contributed by atoms with Gasteiger partial charge in [-0.25, -0.2) is 4.79 Å². The highest BCUT2D eigenvalue weighted by atomic mass is 16.6. The Kier molecular flexibility index (Phi) is 6.71. The van der Waals surface area contributed by atoms with E-state index in [0.717, 1.165) is 29.7 Å². The topological polar surface area (TPSA) is 59.0 Å². The lowest BCUT2D eigenvalue weighted by Gasteiger charge is -2.41. The van der Waals surface area contributed by atoms with Crippen molar-refractivity contribution in [2.24, 2.45) is 5.92 Å². The van der Waals surface area contributed by atoms with Crippen molar-refractivity contribution in [2.75, 3.05) is 13.1 Å². The molecule has 0 unspecified atom stereocenters. The van der Waals surface area contributed by atoms with E-state index in [2.05, 4.69) is 0 Å². The van der Waals surface area contributed by atoms with Crippen LogP contribution in [0.2, 0.25) is 0 Å². The third-order valence-electron chi connectivity index (χ3n) is 5.53. The molecule has 0 aliphatic carbocycles. The van der Waals surface area contributed by atoms with Gasteiger partial charge in [0.05, 0.1) is 5.60 Å². The van der Waals surface area contributed by atoms with Crippen LogP contribution in [0.25, 0.3) is 0 Å². The van der Waals surface area contributed by atoms with Crippen molar-refractivity contribution in [2.45, 2.75) is 58.3 Å². The van der Waals surface area contributed by atoms with Crippen LogP contribution in [-0.2, 0) is 16.9 Å². The fourth-order valence-corrected chi connectivity index (χ4v) is 3.81. The number of ether oxygens (including phenoxy) is 2. The Balaban J connectivity index is 1.69. The first-order chi connectivity index (χ1) is 14.1. The molecule has 1 aliphatic heterocycles. The van der Waals surface area contributed by atoms with Crippen LogP contribution in [0, 0.1) is 5.92 Å². The van der Waals surface area contributed by atoms with E-state index in [1.54, 1.807) is 4.90 Å². The molecule has 1 aliphatic rings. The maximum Gasteiger partial charge on any atom is 0.410 e. The van der Waals surface area contributed by atoms with Crippen molar-refractivity contribution in [3.63, 3.8) is 0 Å². The number of rotatable bonds is 5. The number of carbonyl (C=O) groups is 1. The van der Waals surface area contributed by atoms with E-state index in [9.17, 15) is 9.90 Å². The molecule has 162 valence electrons.